The Morgan fingerprint density at radius 2 is 1.07 bits per heavy atom. The van der Waals surface area contributed by atoms with Gasteiger partial charge in [0.15, 0.2) is 0 Å². The molecule has 0 amide bonds. The van der Waals surface area contributed by atoms with Crippen molar-refractivity contribution >= 4 is 0 Å². The third-order valence-electron chi connectivity index (χ3n) is 0.945. The Bertz CT molecular complexity index is 302. The van der Waals surface area contributed by atoms with Crippen molar-refractivity contribution in [3.05, 3.63) is 0 Å². The maximum absolute atomic E-state index is 8.85. The predicted octanol–water partition coefficient (Wildman–Crippen LogP) is -3.81. The first-order chi connectivity index (χ1) is 5.92. The van der Waals surface area contributed by atoms with Gasteiger partial charge in [0.05, 0.1) is 25.4 Å². The summed E-state index contributed by atoms with van der Waals surface area (Å²) >= 11 is -7.12. The van der Waals surface area contributed by atoms with E-state index >= 15 is 0 Å². The van der Waals surface area contributed by atoms with Gasteiger partial charge in [-0.2, -0.15) is 0 Å². The van der Waals surface area contributed by atoms with Crippen LogP contribution < -0.4 is 5.73 Å². The molecular formula is C4H13CrNO8. The van der Waals surface area contributed by atoms with Crippen molar-refractivity contribution in [2.45, 2.75) is 5.54 Å². The van der Waals surface area contributed by atoms with E-state index in [1.165, 1.54) is 0 Å². The Balaban J connectivity index is 0. The average molecular weight is 255 g/mol. The normalized spacial score (nSPS) is 13.1. The predicted molar refractivity (Wildman–Crippen MR) is 34.7 cm³/mol. The Hall–Kier alpha value is -0.308. The summed E-state index contributed by atoms with van der Waals surface area (Å²) in [6, 6.07) is 0. The molecule has 0 unspecified atom stereocenters. The molecule has 0 aliphatic carbocycles. The van der Waals surface area contributed by atoms with Gasteiger partial charge in [0.2, 0.25) is 0 Å². The quantitative estimate of drug-likeness (QED) is 0.294. The first-order valence-corrected chi connectivity index (χ1v) is 5.87. The van der Waals surface area contributed by atoms with E-state index in [4.69, 9.17) is 40.8 Å². The SMILES string of the molecule is NC(CO)(CO)CO.[O]=[Cr](=[O])(=[O])([OH])[OH]. The van der Waals surface area contributed by atoms with Crippen molar-refractivity contribution in [1.82, 2.24) is 0 Å². The fraction of sp³-hybridized carbons (Fsp3) is 1.00. The van der Waals surface area contributed by atoms with Crippen LogP contribution in [-0.2, 0) is 23.9 Å². The third-order valence-corrected chi connectivity index (χ3v) is 0.945. The fourth-order valence-electron chi connectivity index (χ4n) is 0.150. The molecule has 88 valence electrons. The van der Waals surface area contributed by atoms with Crippen LogP contribution in [0.25, 0.3) is 0 Å². The molecule has 0 atom stereocenters. The van der Waals surface area contributed by atoms with Gasteiger partial charge in [0.25, 0.3) is 0 Å². The van der Waals surface area contributed by atoms with E-state index in [2.05, 4.69) is 0 Å². The fourth-order valence-corrected chi connectivity index (χ4v) is 0.150. The van der Waals surface area contributed by atoms with E-state index in [0.29, 0.717) is 0 Å². The molecule has 0 aromatic carbocycles. The molecule has 0 radical (unpaired) electrons. The van der Waals surface area contributed by atoms with Crippen LogP contribution in [0.5, 0.6) is 0 Å². The zero-order valence-corrected chi connectivity index (χ0v) is 8.34. The summed E-state index contributed by atoms with van der Waals surface area (Å²) in [5, 5.41) is 25.0. The van der Waals surface area contributed by atoms with Crippen molar-refractivity contribution in [3.8, 4) is 0 Å². The summed E-state index contributed by atoms with van der Waals surface area (Å²) in [5.41, 5.74) is 3.94. The molecule has 7 N–H and O–H groups in total. The second kappa shape index (κ2) is 4.97. The van der Waals surface area contributed by atoms with Crippen LogP contribution >= 0.6 is 0 Å². The van der Waals surface area contributed by atoms with Crippen LogP contribution in [0.15, 0.2) is 0 Å². The molecule has 0 bridgehead atoms. The Morgan fingerprint density at radius 1 is 0.929 bits per heavy atom. The summed E-state index contributed by atoms with van der Waals surface area (Å²) in [6.07, 6.45) is 0. The summed E-state index contributed by atoms with van der Waals surface area (Å²) < 4.78 is 40.6. The van der Waals surface area contributed by atoms with Gasteiger partial charge in [-0.05, 0) is 0 Å². The van der Waals surface area contributed by atoms with Crippen LogP contribution in [0.2, 0.25) is 0 Å². The molecular weight excluding hydrogens is 242 g/mol. The molecule has 0 saturated heterocycles. The monoisotopic (exact) mass is 255 g/mol. The van der Waals surface area contributed by atoms with E-state index in [1.807, 2.05) is 0 Å². The zero-order valence-electron chi connectivity index (χ0n) is 7.07. The maximum atomic E-state index is 8.85. The van der Waals surface area contributed by atoms with Crippen LogP contribution in [-0.4, -0.2) is 49.0 Å². The van der Waals surface area contributed by atoms with Crippen molar-refractivity contribution in [2.75, 3.05) is 19.8 Å². The Kier molecular flexibility index (Phi) is 5.72. The van der Waals surface area contributed by atoms with Gasteiger partial charge in [-0.3, -0.25) is 0 Å². The van der Waals surface area contributed by atoms with Gasteiger partial charge in [0.1, 0.15) is 0 Å². The van der Waals surface area contributed by atoms with Crippen molar-refractivity contribution in [1.29, 1.82) is 0 Å². The van der Waals surface area contributed by atoms with Crippen LogP contribution in [0.1, 0.15) is 0 Å². The van der Waals surface area contributed by atoms with Gasteiger partial charge < -0.3 is 21.1 Å². The number of nitrogens with two attached hydrogens (primary N) is 1. The summed E-state index contributed by atoms with van der Waals surface area (Å²) in [4.78, 5) is 0. The van der Waals surface area contributed by atoms with Crippen LogP contribution in [0, 0.1) is 0 Å². The molecule has 14 heavy (non-hydrogen) atoms. The zero-order chi connectivity index (χ0) is 12.1. The standard InChI is InChI=1S/C4H11NO3.Cr.2H2O.3O/c5-4(1-6,2-7)3-8;;;;;;/h6-8H,1-3,5H2;;2*1H2;;;/q;+2;;;;;/p-2. The van der Waals surface area contributed by atoms with Crippen LogP contribution in [0.3, 0.4) is 0 Å². The van der Waals surface area contributed by atoms with Gasteiger partial charge in [-0.25, -0.2) is 0 Å². The molecule has 0 spiro atoms. The van der Waals surface area contributed by atoms with Gasteiger partial charge in [-0.1, -0.05) is 0 Å². The number of hydrogen-bond acceptors (Lipinski definition) is 7. The summed E-state index contributed by atoms with van der Waals surface area (Å²) in [5.74, 6) is 0. The second-order valence-corrected chi connectivity index (χ2v) is 4.86. The van der Waals surface area contributed by atoms with E-state index in [-0.39, 0.29) is 0 Å². The molecule has 0 fully saturated rings. The van der Waals surface area contributed by atoms with Crippen LogP contribution in [0.4, 0.5) is 0 Å². The van der Waals surface area contributed by atoms with Crippen molar-refractivity contribution < 1.29 is 47.5 Å². The first kappa shape index (κ1) is 16.1. The minimum atomic E-state index is -7.12. The molecule has 10 heteroatoms. The van der Waals surface area contributed by atoms with E-state index in [1.54, 1.807) is 0 Å². The molecule has 0 aliphatic heterocycles. The van der Waals surface area contributed by atoms with Gasteiger partial charge in [-0.15, -0.1) is 0 Å². The molecule has 0 heterocycles. The molecule has 9 nitrogen and oxygen atoms in total. The van der Waals surface area contributed by atoms with Gasteiger partial charge >= 0.3 is 32.2 Å². The van der Waals surface area contributed by atoms with Crippen molar-refractivity contribution in [2.24, 2.45) is 5.73 Å². The third kappa shape index (κ3) is 17.7. The topological polar surface area (TPSA) is 178 Å². The minimum absolute atomic E-state index is 0.403. The van der Waals surface area contributed by atoms with E-state index in [0.717, 1.165) is 0 Å². The number of aliphatic hydroxyl groups is 3. The summed E-state index contributed by atoms with van der Waals surface area (Å²) in [6.45, 7) is -1.21. The molecule has 0 aromatic rings. The van der Waals surface area contributed by atoms with E-state index in [9.17, 15) is 0 Å². The molecule has 0 rings (SSSR count). The van der Waals surface area contributed by atoms with Crippen molar-refractivity contribution in [3.63, 3.8) is 0 Å². The first-order valence-electron chi connectivity index (χ1n) is 3.16. The second-order valence-electron chi connectivity index (χ2n) is 2.57. The Morgan fingerprint density at radius 3 is 1.07 bits per heavy atom. The van der Waals surface area contributed by atoms with Gasteiger partial charge in [0, 0.05) is 0 Å². The Labute approximate surface area is 79.3 Å². The molecule has 0 aromatic heterocycles. The number of rotatable bonds is 3. The van der Waals surface area contributed by atoms with E-state index < -0.39 is 37.8 Å². The molecule has 0 aliphatic rings. The number of aliphatic hydroxyl groups excluding tert-OH is 3. The number of hydrogen-bond donors (Lipinski definition) is 6. The molecule has 0 saturated carbocycles. The summed E-state index contributed by atoms with van der Waals surface area (Å²) in [7, 11) is 0. The average Bonchev–Trinajstić information content (AvgIpc) is 1.99.